The fraction of sp³-hybridized carbons (Fsp3) is 0.353. The second kappa shape index (κ2) is 6.75. The fourth-order valence-electron chi connectivity index (χ4n) is 2.55. The van der Waals surface area contributed by atoms with Gasteiger partial charge in [-0.3, -0.25) is 4.79 Å². The van der Waals surface area contributed by atoms with Crippen molar-refractivity contribution in [1.29, 1.82) is 0 Å². The monoisotopic (exact) mass is 318 g/mol. The molecule has 2 fully saturated rings. The lowest BCUT2D eigenvalue weighted by Crippen LogP contribution is -2.01. The maximum absolute atomic E-state index is 12.6. The van der Waals surface area contributed by atoms with Crippen molar-refractivity contribution in [2.45, 2.75) is 19.3 Å². The first-order valence-electron chi connectivity index (χ1n) is 7.16. The van der Waals surface area contributed by atoms with Gasteiger partial charge in [0.05, 0.1) is 7.11 Å². The Bertz CT molecular complexity index is 609. The average molecular weight is 318 g/mol. The summed E-state index contributed by atoms with van der Waals surface area (Å²) in [5, 5.41) is 0. The SMILES string of the molecule is COc1cccc(C=C2CCC(=C3SCCCS3)C2=O)c1. The predicted octanol–water partition coefficient (Wildman–Crippen LogP) is 4.52. The zero-order valence-electron chi connectivity index (χ0n) is 12.1. The summed E-state index contributed by atoms with van der Waals surface area (Å²) in [4.78, 5) is 12.6. The molecule has 1 aromatic carbocycles. The number of methoxy groups -OCH3 is 1. The fourth-order valence-corrected chi connectivity index (χ4v) is 5.25. The van der Waals surface area contributed by atoms with Gasteiger partial charge in [0, 0.05) is 15.4 Å². The topological polar surface area (TPSA) is 26.3 Å². The maximum Gasteiger partial charge on any atom is 0.186 e. The first-order chi connectivity index (χ1) is 10.3. The molecule has 0 amide bonds. The average Bonchev–Trinajstić information content (AvgIpc) is 2.89. The number of carbonyl (C=O) groups is 1. The highest BCUT2D eigenvalue weighted by Crippen LogP contribution is 2.42. The Morgan fingerprint density at radius 2 is 2.00 bits per heavy atom. The molecule has 0 N–H and O–H groups in total. The smallest absolute Gasteiger partial charge is 0.186 e. The third-order valence-electron chi connectivity index (χ3n) is 3.65. The van der Waals surface area contributed by atoms with Gasteiger partial charge >= 0.3 is 0 Å². The molecule has 0 bridgehead atoms. The summed E-state index contributed by atoms with van der Waals surface area (Å²) < 4.78 is 6.50. The second-order valence-electron chi connectivity index (χ2n) is 5.09. The Morgan fingerprint density at radius 1 is 1.19 bits per heavy atom. The lowest BCUT2D eigenvalue weighted by molar-refractivity contribution is -0.111. The highest BCUT2D eigenvalue weighted by Gasteiger charge is 2.27. The molecule has 1 saturated carbocycles. The van der Waals surface area contributed by atoms with Crippen LogP contribution in [0.2, 0.25) is 0 Å². The minimum atomic E-state index is 0.245. The van der Waals surface area contributed by atoms with E-state index in [1.807, 2.05) is 53.9 Å². The molecular formula is C17H18O2S2. The van der Waals surface area contributed by atoms with Gasteiger partial charge in [-0.25, -0.2) is 0 Å². The number of thioether (sulfide) groups is 2. The lowest BCUT2D eigenvalue weighted by Gasteiger charge is -2.14. The van der Waals surface area contributed by atoms with Gasteiger partial charge in [-0.2, -0.15) is 0 Å². The van der Waals surface area contributed by atoms with E-state index in [9.17, 15) is 4.79 Å². The van der Waals surface area contributed by atoms with Crippen molar-refractivity contribution in [2.75, 3.05) is 18.6 Å². The van der Waals surface area contributed by atoms with E-state index in [-0.39, 0.29) is 5.78 Å². The molecule has 110 valence electrons. The molecule has 0 radical (unpaired) electrons. The van der Waals surface area contributed by atoms with E-state index in [4.69, 9.17) is 4.74 Å². The Balaban J connectivity index is 1.84. The van der Waals surface area contributed by atoms with Crippen LogP contribution in [0.5, 0.6) is 5.75 Å². The summed E-state index contributed by atoms with van der Waals surface area (Å²) in [5.41, 5.74) is 3.00. The molecule has 2 nitrogen and oxygen atoms in total. The van der Waals surface area contributed by atoms with E-state index >= 15 is 0 Å². The zero-order chi connectivity index (χ0) is 14.7. The first-order valence-corrected chi connectivity index (χ1v) is 9.13. The molecule has 3 rings (SSSR count). The highest BCUT2D eigenvalue weighted by molar-refractivity contribution is 8.22. The van der Waals surface area contributed by atoms with Crippen molar-refractivity contribution in [1.82, 2.24) is 0 Å². The van der Waals surface area contributed by atoms with Crippen molar-refractivity contribution in [3.8, 4) is 5.75 Å². The maximum atomic E-state index is 12.6. The van der Waals surface area contributed by atoms with Crippen molar-refractivity contribution in [3.05, 3.63) is 45.2 Å². The molecule has 0 unspecified atom stereocenters. The van der Waals surface area contributed by atoms with Crippen LogP contribution in [0.25, 0.3) is 6.08 Å². The molecule has 1 aliphatic carbocycles. The van der Waals surface area contributed by atoms with E-state index in [2.05, 4.69) is 0 Å². The summed E-state index contributed by atoms with van der Waals surface area (Å²) in [6, 6.07) is 7.85. The summed E-state index contributed by atoms with van der Waals surface area (Å²) >= 11 is 3.71. The number of allylic oxidation sites excluding steroid dienone is 2. The van der Waals surface area contributed by atoms with Crippen LogP contribution in [0.1, 0.15) is 24.8 Å². The van der Waals surface area contributed by atoms with Crippen LogP contribution in [0.3, 0.4) is 0 Å². The molecule has 21 heavy (non-hydrogen) atoms. The van der Waals surface area contributed by atoms with Crippen LogP contribution in [0.4, 0.5) is 0 Å². The van der Waals surface area contributed by atoms with E-state index in [1.54, 1.807) is 7.11 Å². The standard InChI is InChI=1S/C17H18O2S2/c1-19-14-5-2-4-12(11-14)10-13-6-7-15(16(13)18)17-20-8-3-9-21-17/h2,4-5,10-11H,3,6-9H2,1H3. The number of ketones is 1. The number of benzene rings is 1. The predicted molar refractivity (Wildman–Crippen MR) is 91.8 cm³/mol. The molecule has 1 saturated heterocycles. The normalized spacial score (nSPS) is 21.2. The number of hydrogen-bond donors (Lipinski definition) is 0. The van der Waals surface area contributed by atoms with Crippen LogP contribution >= 0.6 is 23.5 Å². The zero-order valence-corrected chi connectivity index (χ0v) is 13.7. The van der Waals surface area contributed by atoms with Gasteiger partial charge in [-0.1, -0.05) is 12.1 Å². The van der Waals surface area contributed by atoms with Crippen molar-refractivity contribution in [2.24, 2.45) is 0 Å². The first kappa shape index (κ1) is 14.8. The van der Waals surface area contributed by atoms with E-state index in [0.29, 0.717) is 0 Å². The minimum Gasteiger partial charge on any atom is -0.497 e. The number of hydrogen-bond acceptors (Lipinski definition) is 4. The second-order valence-corrected chi connectivity index (χ2v) is 7.56. The molecule has 1 aromatic rings. The summed E-state index contributed by atoms with van der Waals surface area (Å²) in [7, 11) is 1.66. The Labute approximate surface area is 134 Å². The number of Topliss-reactive ketones (excluding diaryl/α,β-unsaturated/α-hetero) is 1. The van der Waals surface area contributed by atoms with Crippen molar-refractivity contribution in [3.63, 3.8) is 0 Å². The van der Waals surface area contributed by atoms with Crippen LogP contribution < -0.4 is 4.74 Å². The van der Waals surface area contributed by atoms with Crippen LogP contribution in [-0.4, -0.2) is 24.4 Å². The summed E-state index contributed by atoms with van der Waals surface area (Å²) in [6.07, 6.45) is 5.00. The van der Waals surface area contributed by atoms with Gasteiger partial charge in [0.15, 0.2) is 5.78 Å². The molecule has 1 aliphatic heterocycles. The lowest BCUT2D eigenvalue weighted by atomic mass is 10.1. The van der Waals surface area contributed by atoms with Gasteiger partial charge in [-0.15, -0.1) is 23.5 Å². The van der Waals surface area contributed by atoms with Gasteiger partial charge < -0.3 is 4.74 Å². The summed E-state index contributed by atoms with van der Waals surface area (Å²) in [6.45, 7) is 0. The molecule has 4 heteroatoms. The van der Waals surface area contributed by atoms with Gasteiger partial charge in [0.2, 0.25) is 0 Å². The third-order valence-corrected chi connectivity index (χ3v) is 6.36. The van der Waals surface area contributed by atoms with Gasteiger partial charge in [-0.05, 0) is 54.5 Å². The van der Waals surface area contributed by atoms with Crippen LogP contribution in [0.15, 0.2) is 39.6 Å². The van der Waals surface area contributed by atoms with E-state index in [0.717, 1.165) is 46.8 Å². The van der Waals surface area contributed by atoms with E-state index in [1.165, 1.54) is 10.7 Å². The minimum absolute atomic E-state index is 0.245. The number of rotatable bonds is 2. The Morgan fingerprint density at radius 3 is 2.76 bits per heavy atom. The largest absolute Gasteiger partial charge is 0.497 e. The Hall–Kier alpha value is -1.13. The van der Waals surface area contributed by atoms with Crippen LogP contribution in [0, 0.1) is 0 Å². The highest BCUT2D eigenvalue weighted by atomic mass is 32.2. The summed E-state index contributed by atoms with van der Waals surface area (Å²) in [5.74, 6) is 3.36. The van der Waals surface area contributed by atoms with Gasteiger partial charge in [0.1, 0.15) is 5.75 Å². The molecule has 0 aromatic heterocycles. The molecule has 2 aliphatic rings. The molecule has 0 spiro atoms. The van der Waals surface area contributed by atoms with Crippen LogP contribution in [-0.2, 0) is 4.79 Å². The van der Waals surface area contributed by atoms with Crippen molar-refractivity contribution >= 4 is 35.4 Å². The Kier molecular flexibility index (Phi) is 4.76. The number of ether oxygens (including phenoxy) is 1. The molecule has 1 heterocycles. The van der Waals surface area contributed by atoms with E-state index < -0.39 is 0 Å². The quantitative estimate of drug-likeness (QED) is 0.749. The molecule has 0 atom stereocenters. The molecular weight excluding hydrogens is 300 g/mol. The van der Waals surface area contributed by atoms with Gasteiger partial charge in [0.25, 0.3) is 0 Å². The van der Waals surface area contributed by atoms with Crippen molar-refractivity contribution < 1.29 is 9.53 Å². The number of carbonyl (C=O) groups excluding carboxylic acids is 1. The third kappa shape index (κ3) is 3.38.